The van der Waals surface area contributed by atoms with E-state index in [1.807, 2.05) is 20.8 Å². The highest BCUT2D eigenvalue weighted by Crippen LogP contribution is 2.22. The van der Waals surface area contributed by atoms with E-state index in [2.05, 4.69) is 10.0 Å². The molecule has 0 unspecified atom stereocenters. The molecule has 0 saturated carbocycles. The Balaban J connectivity index is 0.00000264. The highest BCUT2D eigenvalue weighted by Gasteiger charge is 2.18. The standard InChI is InChI=1S/C16H26N2O3S.ClH/c1-12(2)21-16-7-6-15(11-13(16)3)22(19,20)18-10-8-14-5-4-9-17-14;/h6-7,11-12,14,17-18H,4-5,8-10H2,1-3H3;1H/t14-;/m1./s1. The number of ether oxygens (including phenoxy) is 1. The number of rotatable bonds is 7. The average Bonchev–Trinajstić information content (AvgIpc) is 2.93. The van der Waals surface area contributed by atoms with Gasteiger partial charge in [0, 0.05) is 12.6 Å². The largest absolute Gasteiger partial charge is 0.491 e. The minimum absolute atomic E-state index is 0. The van der Waals surface area contributed by atoms with Gasteiger partial charge in [0.05, 0.1) is 11.0 Å². The van der Waals surface area contributed by atoms with Crippen LogP contribution in [0.4, 0.5) is 0 Å². The molecule has 0 spiro atoms. The quantitative estimate of drug-likeness (QED) is 0.782. The number of halogens is 1. The van der Waals surface area contributed by atoms with Gasteiger partial charge < -0.3 is 10.1 Å². The fourth-order valence-corrected chi connectivity index (χ4v) is 3.76. The molecule has 1 fully saturated rings. The van der Waals surface area contributed by atoms with Crippen molar-refractivity contribution in [3.05, 3.63) is 23.8 Å². The van der Waals surface area contributed by atoms with Gasteiger partial charge in [-0.05, 0) is 70.3 Å². The van der Waals surface area contributed by atoms with Gasteiger partial charge in [0.15, 0.2) is 0 Å². The second kappa shape index (κ2) is 8.87. The third-order valence-electron chi connectivity index (χ3n) is 3.77. The monoisotopic (exact) mass is 362 g/mol. The molecular formula is C16H27ClN2O3S. The third-order valence-corrected chi connectivity index (χ3v) is 5.23. The Morgan fingerprint density at radius 1 is 1.39 bits per heavy atom. The average molecular weight is 363 g/mol. The maximum absolute atomic E-state index is 12.3. The second-order valence-corrected chi connectivity index (χ2v) is 7.84. The highest BCUT2D eigenvalue weighted by atomic mass is 35.5. The van der Waals surface area contributed by atoms with Crippen molar-refractivity contribution in [3.63, 3.8) is 0 Å². The molecule has 0 amide bonds. The van der Waals surface area contributed by atoms with Crippen molar-refractivity contribution in [2.75, 3.05) is 13.1 Å². The molecule has 5 nitrogen and oxygen atoms in total. The van der Waals surface area contributed by atoms with E-state index < -0.39 is 10.0 Å². The van der Waals surface area contributed by atoms with E-state index in [1.165, 1.54) is 6.42 Å². The van der Waals surface area contributed by atoms with Gasteiger partial charge in [-0.3, -0.25) is 0 Å². The Labute approximate surface area is 145 Å². The maximum atomic E-state index is 12.3. The molecule has 132 valence electrons. The normalized spacial score (nSPS) is 18.0. The predicted molar refractivity (Wildman–Crippen MR) is 95.0 cm³/mol. The first-order chi connectivity index (χ1) is 10.4. The molecule has 0 aromatic heterocycles. The fraction of sp³-hybridized carbons (Fsp3) is 0.625. The number of benzene rings is 1. The number of aryl methyl sites for hydroxylation is 1. The second-order valence-electron chi connectivity index (χ2n) is 6.07. The maximum Gasteiger partial charge on any atom is 0.240 e. The van der Waals surface area contributed by atoms with Crippen LogP contribution in [0.15, 0.2) is 23.1 Å². The molecule has 2 rings (SSSR count). The van der Waals surface area contributed by atoms with E-state index in [4.69, 9.17) is 4.74 Å². The lowest BCUT2D eigenvalue weighted by molar-refractivity contribution is 0.240. The van der Waals surface area contributed by atoms with Gasteiger partial charge in [-0.15, -0.1) is 12.4 Å². The SMILES string of the molecule is Cc1cc(S(=O)(=O)NCC[C@H]2CCCN2)ccc1OC(C)C.Cl. The highest BCUT2D eigenvalue weighted by molar-refractivity contribution is 7.89. The molecule has 2 N–H and O–H groups in total. The molecule has 1 aliphatic rings. The summed E-state index contributed by atoms with van der Waals surface area (Å²) in [6.07, 6.45) is 3.20. The molecule has 0 bridgehead atoms. The predicted octanol–water partition coefficient (Wildman–Crippen LogP) is 2.62. The van der Waals surface area contributed by atoms with E-state index >= 15 is 0 Å². The number of nitrogens with one attached hydrogen (secondary N) is 2. The topological polar surface area (TPSA) is 67.4 Å². The van der Waals surface area contributed by atoms with Gasteiger partial charge in [-0.2, -0.15) is 0 Å². The van der Waals surface area contributed by atoms with Crippen LogP contribution in [0, 0.1) is 6.92 Å². The molecule has 23 heavy (non-hydrogen) atoms. The first-order valence-corrected chi connectivity index (χ1v) is 9.37. The summed E-state index contributed by atoms with van der Waals surface area (Å²) in [6.45, 7) is 7.25. The van der Waals surface area contributed by atoms with Crippen LogP contribution < -0.4 is 14.8 Å². The van der Waals surface area contributed by atoms with Crippen LogP contribution in [-0.4, -0.2) is 33.7 Å². The Morgan fingerprint density at radius 2 is 2.13 bits per heavy atom. The molecule has 0 radical (unpaired) electrons. The summed E-state index contributed by atoms with van der Waals surface area (Å²) < 4.78 is 33.0. The van der Waals surface area contributed by atoms with Crippen molar-refractivity contribution in [2.24, 2.45) is 0 Å². The summed E-state index contributed by atoms with van der Waals surface area (Å²) in [7, 11) is -3.45. The zero-order valence-electron chi connectivity index (χ0n) is 14.0. The third kappa shape index (κ3) is 5.95. The van der Waals surface area contributed by atoms with Crippen molar-refractivity contribution in [2.45, 2.75) is 57.1 Å². The van der Waals surface area contributed by atoms with Crippen molar-refractivity contribution in [1.29, 1.82) is 0 Å². The zero-order valence-corrected chi connectivity index (χ0v) is 15.6. The van der Waals surface area contributed by atoms with Crippen LogP contribution in [0.3, 0.4) is 0 Å². The minimum atomic E-state index is -3.45. The molecule has 1 aromatic rings. The summed E-state index contributed by atoms with van der Waals surface area (Å²) in [6, 6.07) is 5.42. The Bertz CT molecular complexity index is 599. The van der Waals surface area contributed by atoms with Gasteiger partial charge in [0.2, 0.25) is 10.0 Å². The summed E-state index contributed by atoms with van der Waals surface area (Å²) in [5.41, 5.74) is 0.828. The van der Waals surface area contributed by atoms with Gasteiger partial charge in [0.25, 0.3) is 0 Å². The van der Waals surface area contributed by atoms with Gasteiger partial charge in [-0.25, -0.2) is 13.1 Å². The molecular weight excluding hydrogens is 336 g/mol. The smallest absolute Gasteiger partial charge is 0.240 e. The molecule has 1 aliphatic heterocycles. The molecule has 1 aromatic carbocycles. The van der Waals surface area contributed by atoms with E-state index in [1.54, 1.807) is 18.2 Å². The number of hydrogen-bond donors (Lipinski definition) is 2. The summed E-state index contributed by atoms with van der Waals surface area (Å²) in [5, 5.41) is 3.37. The molecule has 1 heterocycles. The van der Waals surface area contributed by atoms with E-state index in [0.29, 0.717) is 17.5 Å². The Hall–Kier alpha value is -0.820. The van der Waals surface area contributed by atoms with Gasteiger partial charge in [-0.1, -0.05) is 0 Å². The lowest BCUT2D eigenvalue weighted by atomic mass is 10.2. The van der Waals surface area contributed by atoms with Crippen molar-refractivity contribution in [1.82, 2.24) is 10.0 Å². The lowest BCUT2D eigenvalue weighted by Crippen LogP contribution is -2.30. The van der Waals surface area contributed by atoms with Crippen LogP contribution in [0.5, 0.6) is 5.75 Å². The summed E-state index contributed by atoms with van der Waals surface area (Å²) in [5.74, 6) is 0.726. The Kier molecular flexibility index (Phi) is 7.80. The van der Waals surface area contributed by atoms with Crippen molar-refractivity contribution in [3.8, 4) is 5.75 Å². The van der Waals surface area contributed by atoms with E-state index in [9.17, 15) is 8.42 Å². The van der Waals surface area contributed by atoms with Crippen LogP contribution in [-0.2, 0) is 10.0 Å². The molecule has 1 saturated heterocycles. The zero-order chi connectivity index (χ0) is 16.2. The first kappa shape index (κ1) is 20.2. The lowest BCUT2D eigenvalue weighted by Gasteiger charge is -2.14. The molecule has 1 atom stereocenters. The van der Waals surface area contributed by atoms with E-state index in [-0.39, 0.29) is 18.5 Å². The van der Waals surface area contributed by atoms with Crippen molar-refractivity contribution < 1.29 is 13.2 Å². The number of sulfonamides is 1. The van der Waals surface area contributed by atoms with Crippen LogP contribution >= 0.6 is 12.4 Å². The molecule has 0 aliphatic carbocycles. The van der Waals surface area contributed by atoms with Gasteiger partial charge >= 0.3 is 0 Å². The van der Waals surface area contributed by atoms with E-state index in [0.717, 1.165) is 30.7 Å². The molecule has 7 heteroatoms. The van der Waals surface area contributed by atoms with Gasteiger partial charge in [0.1, 0.15) is 5.75 Å². The number of hydrogen-bond acceptors (Lipinski definition) is 4. The first-order valence-electron chi connectivity index (χ1n) is 7.89. The van der Waals surface area contributed by atoms with Crippen LogP contribution in [0.2, 0.25) is 0 Å². The summed E-state index contributed by atoms with van der Waals surface area (Å²) >= 11 is 0. The van der Waals surface area contributed by atoms with Crippen LogP contribution in [0.25, 0.3) is 0 Å². The fourth-order valence-electron chi connectivity index (χ4n) is 2.63. The summed E-state index contributed by atoms with van der Waals surface area (Å²) in [4.78, 5) is 0.292. The minimum Gasteiger partial charge on any atom is -0.491 e. The van der Waals surface area contributed by atoms with Crippen molar-refractivity contribution >= 4 is 22.4 Å². The Morgan fingerprint density at radius 3 is 2.70 bits per heavy atom. The van der Waals surface area contributed by atoms with Crippen LogP contribution in [0.1, 0.15) is 38.7 Å².